The number of rotatable bonds is 3. The zero-order valence-corrected chi connectivity index (χ0v) is 11.5. The van der Waals surface area contributed by atoms with Crippen molar-refractivity contribution in [2.24, 2.45) is 10.9 Å². The number of nitrogens with zero attached hydrogens (tertiary/aromatic N) is 2. The predicted octanol–water partition coefficient (Wildman–Crippen LogP) is 1.65. The van der Waals surface area contributed by atoms with Crippen LogP contribution in [0.4, 0.5) is 0 Å². The van der Waals surface area contributed by atoms with Crippen LogP contribution >= 0.6 is 0 Å². The molecule has 2 rings (SSSR count). The van der Waals surface area contributed by atoms with Crippen molar-refractivity contribution in [3.05, 3.63) is 0 Å². The topological polar surface area (TPSA) is 66.8 Å². The van der Waals surface area contributed by atoms with Gasteiger partial charge in [-0.3, -0.25) is 0 Å². The molecule has 0 aromatic heterocycles. The second-order valence-corrected chi connectivity index (χ2v) is 7.48. The quantitative estimate of drug-likeness (QED) is 0.579. The summed E-state index contributed by atoms with van der Waals surface area (Å²) < 4.78 is 26.6. The van der Waals surface area contributed by atoms with Gasteiger partial charge in [0.05, 0.1) is 5.25 Å². The third-order valence-corrected chi connectivity index (χ3v) is 6.44. The summed E-state index contributed by atoms with van der Waals surface area (Å²) in [5, 5.41) is -0.271. The Morgan fingerprint density at radius 1 is 1.17 bits per heavy atom. The maximum atomic E-state index is 12.6. The van der Waals surface area contributed by atoms with Crippen LogP contribution in [-0.4, -0.2) is 36.8 Å². The van der Waals surface area contributed by atoms with Crippen LogP contribution < -0.4 is 0 Å². The van der Waals surface area contributed by atoms with Crippen LogP contribution in [-0.2, 0) is 14.8 Å². The molecule has 2 fully saturated rings. The molecule has 1 aliphatic carbocycles. The summed E-state index contributed by atoms with van der Waals surface area (Å²) in [4.78, 5) is 14.2. The van der Waals surface area contributed by atoms with Gasteiger partial charge in [-0.15, -0.1) is 0 Å². The van der Waals surface area contributed by atoms with Gasteiger partial charge < -0.3 is 0 Å². The fourth-order valence-corrected chi connectivity index (χ4v) is 5.29. The first-order chi connectivity index (χ1) is 8.57. The van der Waals surface area contributed by atoms with Crippen molar-refractivity contribution in [3.8, 4) is 0 Å². The van der Waals surface area contributed by atoms with E-state index in [1.165, 1.54) is 10.4 Å². The molecule has 0 aromatic carbocycles. The van der Waals surface area contributed by atoms with E-state index in [-0.39, 0.29) is 11.2 Å². The van der Waals surface area contributed by atoms with Crippen LogP contribution in [0.15, 0.2) is 4.99 Å². The summed E-state index contributed by atoms with van der Waals surface area (Å²) in [6.45, 7) is 2.43. The van der Waals surface area contributed by atoms with Gasteiger partial charge in [-0.05, 0) is 31.6 Å². The van der Waals surface area contributed by atoms with E-state index in [2.05, 4.69) is 4.99 Å². The Kier molecular flexibility index (Phi) is 4.20. The molecule has 0 amide bonds. The van der Waals surface area contributed by atoms with Crippen molar-refractivity contribution >= 4 is 16.1 Å². The lowest BCUT2D eigenvalue weighted by atomic mass is 9.98. The average molecular weight is 272 g/mol. The second kappa shape index (κ2) is 5.51. The van der Waals surface area contributed by atoms with Crippen LogP contribution in [0.3, 0.4) is 0 Å². The smallest absolute Gasteiger partial charge is 0.212 e. The highest BCUT2D eigenvalue weighted by Gasteiger charge is 2.41. The molecule has 1 heterocycles. The standard InChI is InChI=1S/C12H20N2O3S/c1-10-5-4-8-14(12(10)13-9-15)18(16,17)11-6-2-3-7-11/h10-12H,2-8H2,1H3. The Morgan fingerprint density at radius 3 is 2.44 bits per heavy atom. The predicted molar refractivity (Wildman–Crippen MR) is 68.2 cm³/mol. The molecular formula is C12H20N2O3S. The van der Waals surface area contributed by atoms with Crippen LogP contribution in [0.25, 0.3) is 0 Å². The van der Waals surface area contributed by atoms with E-state index in [0.717, 1.165) is 38.5 Å². The van der Waals surface area contributed by atoms with Gasteiger partial charge >= 0.3 is 0 Å². The zero-order valence-electron chi connectivity index (χ0n) is 10.7. The summed E-state index contributed by atoms with van der Waals surface area (Å²) in [5.74, 6) is 0.0939. The number of isocyanates is 1. The van der Waals surface area contributed by atoms with Crippen molar-refractivity contribution in [1.29, 1.82) is 0 Å². The Balaban J connectivity index is 2.25. The number of hydrogen-bond acceptors (Lipinski definition) is 4. The van der Waals surface area contributed by atoms with Gasteiger partial charge in [0.1, 0.15) is 6.17 Å². The molecular weight excluding hydrogens is 252 g/mol. The lowest BCUT2D eigenvalue weighted by Crippen LogP contribution is -2.49. The molecule has 2 aliphatic rings. The number of hydrogen-bond donors (Lipinski definition) is 0. The number of sulfonamides is 1. The fourth-order valence-electron chi connectivity index (χ4n) is 3.04. The molecule has 5 nitrogen and oxygen atoms in total. The second-order valence-electron chi connectivity index (χ2n) is 5.32. The van der Waals surface area contributed by atoms with Crippen LogP contribution in [0.5, 0.6) is 0 Å². The minimum atomic E-state index is -3.31. The largest absolute Gasteiger partial charge is 0.236 e. The van der Waals surface area contributed by atoms with Gasteiger partial charge in [0.15, 0.2) is 0 Å². The molecule has 0 aromatic rings. The summed E-state index contributed by atoms with van der Waals surface area (Å²) >= 11 is 0. The highest BCUT2D eigenvalue weighted by Crippen LogP contribution is 2.33. The molecule has 0 N–H and O–H groups in total. The van der Waals surface area contributed by atoms with E-state index in [0.29, 0.717) is 6.54 Å². The Labute approximate surface area is 108 Å². The minimum absolute atomic E-state index is 0.0939. The molecule has 6 heteroatoms. The van der Waals surface area contributed by atoms with E-state index >= 15 is 0 Å². The first-order valence-electron chi connectivity index (χ1n) is 6.65. The van der Waals surface area contributed by atoms with E-state index in [9.17, 15) is 13.2 Å². The van der Waals surface area contributed by atoms with Crippen molar-refractivity contribution in [2.45, 2.75) is 56.9 Å². The maximum absolute atomic E-state index is 12.6. The minimum Gasteiger partial charge on any atom is -0.212 e. The number of carbonyl (C=O) groups excluding carboxylic acids is 1. The highest BCUT2D eigenvalue weighted by atomic mass is 32.2. The lowest BCUT2D eigenvalue weighted by molar-refractivity contribution is 0.192. The van der Waals surface area contributed by atoms with Gasteiger partial charge in [0.2, 0.25) is 16.1 Å². The van der Waals surface area contributed by atoms with Crippen LogP contribution in [0.1, 0.15) is 45.4 Å². The third kappa shape index (κ3) is 2.51. The lowest BCUT2D eigenvalue weighted by Gasteiger charge is -2.37. The van der Waals surface area contributed by atoms with Crippen LogP contribution in [0, 0.1) is 5.92 Å². The van der Waals surface area contributed by atoms with Gasteiger partial charge in [-0.1, -0.05) is 19.8 Å². The monoisotopic (exact) mass is 272 g/mol. The molecule has 18 heavy (non-hydrogen) atoms. The first-order valence-corrected chi connectivity index (χ1v) is 8.15. The SMILES string of the molecule is CC1CCCN(S(=O)(=O)C2CCCC2)C1N=C=O. The van der Waals surface area contributed by atoms with E-state index in [1.807, 2.05) is 6.92 Å². The van der Waals surface area contributed by atoms with Gasteiger partial charge in [-0.25, -0.2) is 13.2 Å². The molecule has 0 bridgehead atoms. The van der Waals surface area contributed by atoms with Crippen molar-refractivity contribution in [2.75, 3.05) is 6.54 Å². The summed E-state index contributed by atoms with van der Waals surface area (Å²) in [6.07, 6.45) is 6.19. The Hall–Kier alpha value is -0.710. The molecule has 1 aliphatic heterocycles. The molecule has 0 spiro atoms. The normalized spacial score (nSPS) is 31.2. The van der Waals surface area contributed by atoms with Gasteiger partial charge in [0.25, 0.3) is 0 Å². The molecule has 2 unspecified atom stereocenters. The van der Waals surface area contributed by atoms with Gasteiger partial charge in [0, 0.05) is 6.54 Å². The van der Waals surface area contributed by atoms with Gasteiger partial charge in [-0.2, -0.15) is 9.30 Å². The molecule has 0 radical (unpaired) electrons. The molecule has 1 saturated carbocycles. The fraction of sp³-hybridized carbons (Fsp3) is 0.917. The van der Waals surface area contributed by atoms with Crippen LogP contribution in [0.2, 0.25) is 0 Å². The average Bonchev–Trinajstić information content (AvgIpc) is 2.86. The molecule has 102 valence electrons. The van der Waals surface area contributed by atoms with E-state index < -0.39 is 16.2 Å². The first kappa shape index (κ1) is 13.7. The van der Waals surface area contributed by atoms with Crippen molar-refractivity contribution in [1.82, 2.24) is 4.31 Å². The molecule has 2 atom stereocenters. The zero-order chi connectivity index (χ0) is 13.2. The molecule has 1 saturated heterocycles. The number of piperidine rings is 1. The maximum Gasteiger partial charge on any atom is 0.236 e. The summed E-state index contributed by atoms with van der Waals surface area (Å²) in [5.41, 5.74) is 0. The van der Waals surface area contributed by atoms with E-state index in [4.69, 9.17) is 0 Å². The van der Waals surface area contributed by atoms with Crippen molar-refractivity contribution in [3.63, 3.8) is 0 Å². The van der Waals surface area contributed by atoms with E-state index in [1.54, 1.807) is 0 Å². The third-order valence-electron chi connectivity index (χ3n) is 4.08. The van der Waals surface area contributed by atoms with Crippen molar-refractivity contribution < 1.29 is 13.2 Å². The Morgan fingerprint density at radius 2 is 1.83 bits per heavy atom. The Bertz CT molecular complexity index is 436. The number of aliphatic imine (C=N–C) groups is 1. The summed E-state index contributed by atoms with van der Waals surface area (Å²) in [7, 11) is -3.31. The summed E-state index contributed by atoms with van der Waals surface area (Å²) in [6, 6.07) is 0. The highest BCUT2D eigenvalue weighted by molar-refractivity contribution is 7.89.